The number of carbonyl (C=O) groups is 1. The minimum Gasteiger partial charge on any atom is -0.466 e. The van der Waals surface area contributed by atoms with Crippen molar-refractivity contribution < 1.29 is 17.9 Å². The van der Waals surface area contributed by atoms with Crippen LogP contribution in [0.2, 0.25) is 0 Å². The molecule has 7 heteroatoms. The van der Waals surface area contributed by atoms with E-state index >= 15 is 0 Å². The molecule has 0 aromatic rings. The minimum atomic E-state index is -3.43. The van der Waals surface area contributed by atoms with E-state index in [4.69, 9.17) is 4.74 Å². The Morgan fingerprint density at radius 3 is 2.65 bits per heavy atom. The summed E-state index contributed by atoms with van der Waals surface area (Å²) in [6.45, 7) is 7.12. The molecule has 0 saturated carbocycles. The summed E-state index contributed by atoms with van der Waals surface area (Å²) in [6, 6.07) is 0.111. The van der Waals surface area contributed by atoms with Gasteiger partial charge in [-0.1, -0.05) is 0 Å². The van der Waals surface area contributed by atoms with Gasteiger partial charge in [0.25, 0.3) is 0 Å². The van der Waals surface area contributed by atoms with Crippen molar-refractivity contribution in [3.8, 4) is 0 Å². The first-order valence-corrected chi connectivity index (χ1v) is 8.86. The second-order valence-electron chi connectivity index (χ2n) is 5.33. The van der Waals surface area contributed by atoms with Crippen LogP contribution in [0.1, 0.15) is 40.0 Å². The maximum atomic E-state index is 12.4. The van der Waals surface area contributed by atoms with E-state index in [1.807, 2.05) is 13.8 Å². The Kier molecular flexibility index (Phi) is 6.91. The van der Waals surface area contributed by atoms with Crippen molar-refractivity contribution in [2.75, 3.05) is 25.4 Å². The molecule has 1 aliphatic heterocycles. The van der Waals surface area contributed by atoms with Gasteiger partial charge in [-0.15, -0.1) is 0 Å². The Bertz CT molecular complexity index is 403. The molecule has 0 aliphatic carbocycles. The van der Waals surface area contributed by atoms with Gasteiger partial charge in [0.05, 0.1) is 18.8 Å². The van der Waals surface area contributed by atoms with Gasteiger partial charge in [0.2, 0.25) is 10.0 Å². The van der Waals surface area contributed by atoms with Crippen molar-refractivity contribution >= 4 is 16.0 Å². The molecule has 0 bridgehead atoms. The van der Waals surface area contributed by atoms with Gasteiger partial charge in [-0.3, -0.25) is 4.79 Å². The standard InChI is InChI=1S/C13H26N2O4S/c1-4-19-13(16)7-9-20(17,18)15(11(2)3)10-12-6-5-8-14-12/h11-12,14H,4-10H2,1-3H3. The van der Waals surface area contributed by atoms with Crippen LogP contribution < -0.4 is 5.32 Å². The summed E-state index contributed by atoms with van der Waals surface area (Å²) in [7, 11) is -3.43. The number of hydrogen-bond acceptors (Lipinski definition) is 5. The summed E-state index contributed by atoms with van der Waals surface area (Å²) in [5.41, 5.74) is 0. The molecule has 0 aromatic carbocycles. The molecule has 1 rings (SSSR count). The van der Waals surface area contributed by atoms with Crippen molar-refractivity contribution in [1.82, 2.24) is 9.62 Å². The van der Waals surface area contributed by atoms with Crippen LogP contribution in [0, 0.1) is 0 Å². The van der Waals surface area contributed by atoms with E-state index in [-0.39, 0.29) is 30.9 Å². The predicted octanol–water partition coefficient (Wildman–Crippen LogP) is 0.732. The Hall–Kier alpha value is -0.660. The predicted molar refractivity (Wildman–Crippen MR) is 77.9 cm³/mol. The van der Waals surface area contributed by atoms with Crippen LogP contribution in [-0.4, -0.2) is 56.2 Å². The highest BCUT2D eigenvalue weighted by molar-refractivity contribution is 7.89. The Labute approximate surface area is 121 Å². The molecule has 0 aromatic heterocycles. The highest BCUT2D eigenvalue weighted by Crippen LogP contribution is 2.14. The van der Waals surface area contributed by atoms with Crippen molar-refractivity contribution in [2.24, 2.45) is 0 Å². The fourth-order valence-corrected chi connectivity index (χ4v) is 4.05. The second-order valence-corrected chi connectivity index (χ2v) is 7.37. The summed E-state index contributed by atoms with van der Waals surface area (Å²) in [5, 5.41) is 3.30. The summed E-state index contributed by atoms with van der Waals surface area (Å²) in [4.78, 5) is 11.3. The lowest BCUT2D eigenvalue weighted by Crippen LogP contribution is -2.45. The summed E-state index contributed by atoms with van der Waals surface area (Å²) in [5.74, 6) is -0.643. The van der Waals surface area contributed by atoms with Crippen molar-refractivity contribution in [1.29, 1.82) is 0 Å². The highest BCUT2D eigenvalue weighted by Gasteiger charge is 2.29. The number of sulfonamides is 1. The zero-order chi connectivity index (χ0) is 15.2. The first-order valence-electron chi connectivity index (χ1n) is 7.25. The quantitative estimate of drug-likeness (QED) is 0.669. The van der Waals surface area contributed by atoms with Gasteiger partial charge in [0.15, 0.2) is 0 Å². The van der Waals surface area contributed by atoms with E-state index in [1.165, 1.54) is 4.31 Å². The zero-order valence-corrected chi connectivity index (χ0v) is 13.4. The maximum Gasteiger partial charge on any atom is 0.306 e. The number of nitrogens with one attached hydrogen (secondary N) is 1. The lowest BCUT2D eigenvalue weighted by atomic mass is 10.2. The highest BCUT2D eigenvalue weighted by atomic mass is 32.2. The molecule has 0 amide bonds. The lowest BCUT2D eigenvalue weighted by molar-refractivity contribution is -0.142. The molecular formula is C13H26N2O4S. The molecule has 6 nitrogen and oxygen atoms in total. The fourth-order valence-electron chi connectivity index (χ4n) is 2.34. The molecule has 1 heterocycles. The van der Waals surface area contributed by atoms with Gasteiger partial charge in [0, 0.05) is 18.6 Å². The molecule has 1 N–H and O–H groups in total. The van der Waals surface area contributed by atoms with E-state index in [2.05, 4.69) is 5.32 Å². The van der Waals surface area contributed by atoms with Crippen molar-refractivity contribution in [3.63, 3.8) is 0 Å². The van der Waals surface area contributed by atoms with Crippen LogP contribution in [0.25, 0.3) is 0 Å². The van der Waals surface area contributed by atoms with Crippen molar-refractivity contribution in [3.05, 3.63) is 0 Å². The maximum absolute atomic E-state index is 12.4. The van der Waals surface area contributed by atoms with Crippen LogP contribution in [0.5, 0.6) is 0 Å². The third-order valence-corrected chi connectivity index (χ3v) is 5.37. The monoisotopic (exact) mass is 306 g/mol. The average molecular weight is 306 g/mol. The molecule has 118 valence electrons. The smallest absolute Gasteiger partial charge is 0.306 e. The average Bonchev–Trinajstić information content (AvgIpc) is 2.86. The fraction of sp³-hybridized carbons (Fsp3) is 0.923. The molecule has 1 aliphatic rings. The number of carbonyl (C=O) groups excluding carboxylic acids is 1. The molecule has 1 fully saturated rings. The SMILES string of the molecule is CCOC(=O)CCS(=O)(=O)N(CC1CCCN1)C(C)C. The Balaban J connectivity index is 2.60. The second kappa shape index (κ2) is 7.95. The van der Waals surface area contributed by atoms with Gasteiger partial charge in [-0.2, -0.15) is 4.31 Å². The van der Waals surface area contributed by atoms with Crippen LogP contribution in [0.4, 0.5) is 0 Å². The molecule has 1 saturated heterocycles. The normalized spacial score (nSPS) is 19.8. The number of nitrogens with zero attached hydrogens (tertiary/aromatic N) is 1. The summed E-state index contributed by atoms with van der Waals surface area (Å²) >= 11 is 0. The van der Waals surface area contributed by atoms with Crippen molar-refractivity contribution in [2.45, 2.75) is 52.1 Å². The van der Waals surface area contributed by atoms with Crippen LogP contribution in [0.15, 0.2) is 0 Å². The van der Waals surface area contributed by atoms with Gasteiger partial charge < -0.3 is 10.1 Å². The molecule has 20 heavy (non-hydrogen) atoms. The van der Waals surface area contributed by atoms with Gasteiger partial charge in [-0.25, -0.2) is 8.42 Å². The Morgan fingerprint density at radius 2 is 2.15 bits per heavy atom. The third-order valence-electron chi connectivity index (χ3n) is 3.37. The van der Waals surface area contributed by atoms with E-state index in [9.17, 15) is 13.2 Å². The first-order chi connectivity index (χ1) is 9.36. The van der Waals surface area contributed by atoms with E-state index in [0.29, 0.717) is 6.54 Å². The topological polar surface area (TPSA) is 75.7 Å². The molecule has 1 unspecified atom stereocenters. The molecular weight excluding hydrogens is 280 g/mol. The van der Waals surface area contributed by atoms with Gasteiger partial charge in [0.1, 0.15) is 0 Å². The summed E-state index contributed by atoms with van der Waals surface area (Å²) in [6.07, 6.45) is 1.99. The van der Waals surface area contributed by atoms with Gasteiger partial charge in [-0.05, 0) is 40.2 Å². The molecule has 0 spiro atoms. The van der Waals surface area contributed by atoms with Crippen LogP contribution in [-0.2, 0) is 19.6 Å². The number of rotatable bonds is 8. The number of hydrogen-bond donors (Lipinski definition) is 1. The summed E-state index contributed by atoms with van der Waals surface area (Å²) < 4.78 is 31.0. The molecule has 1 atom stereocenters. The zero-order valence-electron chi connectivity index (χ0n) is 12.6. The first kappa shape index (κ1) is 17.4. The Morgan fingerprint density at radius 1 is 1.45 bits per heavy atom. The lowest BCUT2D eigenvalue weighted by Gasteiger charge is -2.28. The van der Waals surface area contributed by atoms with Crippen LogP contribution in [0.3, 0.4) is 0 Å². The van der Waals surface area contributed by atoms with E-state index < -0.39 is 16.0 Å². The molecule has 0 radical (unpaired) electrons. The number of esters is 1. The van der Waals surface area contributed by atoms with Crippen LogP contribution >= 0.6 is 0 Å². The van der Waals surface area contributed by atoms with E-state index in [0.717, 1.165) is 19.4 Å². The minimum absolute atomic E-state index is 0.0858. The van der Waals surface area contributed by atoms with E-state index in [1.54, 1.807) is 6.92 Å². The number of ether oxygens (including phenoxy) is 1. The largest absolute Gasteiger partial charge is 0.466 e. The van der Waals surface area contributed by atoms with Gasteiger partial charge >= 0.3 is 5.97 Å². The third kappa shape index (κ3) is 5.38.